The summed E-state index contributed by atoms with van der Waals surface area (Å²) in [5.74, 6) is 0.351. The average Bonchev–Trinajstić information content (AvgIpc) is 2.98. The van der Waals surface area contributed by atoms with Gasteiger partial charge in [-0.25, -0.2) is 0 Å². The quantitative estimate of drug-likeness (QED) is 0.836. The number of nitrogens with zero attached hydrogens (tertiary/aromatic N) is 1. The average molecular weight is 355 g/mol. The first-order valence-electron chi connectivity index (χ1n) is 9.40. The molecule has 1 heterocycles. The second-order valence-electron chi connectivity index (χ2n) is 7.99. The van der Waals surface area contributed by atoms with Crippen molar-refractivity contribution in [3.63, 3.8) is 0 Å². The van der Waals surface area contributed by atoms with Crippen LogP contribution >= 0.6 is 0 Å². The molecule has 0 bridgehead atoms. The van der Waals surface area contributed by atoms with Crippen molar-refractivity contribution in [2.45, 2.75) is 63.1 Å². The molecule has 0 amide bonds. The highest BCUT2D eigenvalue weighted by Gasteiger charge is 2.41. The largest absolute Gasteiger partial charge is 0.416 e. The lowest BCUT2D eigenvalue weighted by atomic mass is 9.72. The second-order valence-corrected chi connectivity index (χ2v) is 7.99. The van der Waals surface area contributed by atoms with Crippen LogP contribution in [0.15, 0.2) is 24.3 Å². The van der Waals surface area contributed by atoms with Gasteiger partial charge < -0.3 is 10.0 Å². The van der Waals surface area contributed by atoms with E-state index in [9.17, 15) is 18.3 Å². The summed E-state index contributed by atoms with van der Waals surface area (Å²) < 4.78 is 39.5. The molecule has 5 heteroatoms. The van der Waals surface area contributed by atoms with Crippen LogP contribution in [0.25, 0.3) is 0 Å². The molecule has 1 saturated heterocycles. The zero-order chi connectivity index (χ0) is 18.1. The van der Waals surface area contributed by atoms with Crippen molar-refractivity contribution in [2.24, 2.45) is 5.92 Å². The van der Waals surface area contributed by atoms with Crippen LogP contribution < -0.4 is 0 Å². The first kappa shape index (κ1) is 18.7. The Hall–Kier alpha value is -1.07. The van der Waals surface area contributed by atoms with E-state index in [0.717, 1.165) is 44.8 Å². The zero-order valence-corrected chi connectivity index (χ0v) is 14.9. The summed E-state index contributed by atoms with van der Waals surface area (Å²) >= 11 is 0. The van der Waals surface area contributed by atoms with Crippen molar-refractivity contribution in [3.8, 4) is 0 Å². The minimum absolute atomic E-state index is 0.264. The van der Waals surface area contributed by atoms with Gasteiger partial charge in [0.2, 0.25) is 0 Å². The summed E-state index contributed by atoms with van der Waals surface area (Å²) in [5, 5.41) is 11.3. The molecule has 1 N–H and O–H groups in total. The van der Waals surface area contributed by atoms with Crippen molar-refractivity contribution >= 4 is 0 Å². The number of aliphatic hydroxyl groups is 1. The Labute approximate surface area is 148 Å². The molecule has 1 saturated carbocycles. The van der Waals surface area contributed by atoms with Crippen LogP contribution in [0.5, 0.6) is 0 Å². The van der Waals surface area contributed by atoms with E-state index < -0.39 is 17.3 Å². The van der Waals surface area contributed by atoms with Crippen molar-refractivity contribution in [2.75, 3.05) is 19.6 Å². The van der Waals surface area contributed by atoms with Crippen LogP contribution in [0.1, 0.15) is 62.5 Å². The number of halogens is 3. The van der Waals surface area contributed by atoms with E-state index in [0.29, 0.717) is 30.9 Å². The Morgan fingerprint density at radius 3 is 2.56 bits per heavy atom. The smallest absolute Gasteiger partial charge is 0.389 e. The Kier molecular flexibility index (Phi) is 5.45. The van der Waals surface area contributed by atoms with E-state index >= 15 is 0 Å². The van der Waals surface area contributed by atoms with Crippen LogP contribution in [-0.2, 0) is 6.18 Å². The molecule has 140 valence electrons. The van der Waals surface area contributed by atoms with Crippen LogP contribution in [0.4, 0.5) is 13.2 Å². The maximum atomic E-state index is 13.2. The molecular weight excluding hydrogens is 327 g/mol. The van der Waals surface area contributed by atoms with Crippen LogP contribution in [0, 0.1) is 5.92 Å². The SMILES string of the molecule is CC1CCN(CC(c2cccc(C(F)(F)F)c2)C2(O)CCCCC2)C1. The standard InChI is InChI=1S/C20H28F3NO/c1-15-8-11-24(13-15)14-18(19(25)9-3-2-4-10-19)16-6-5-7-17(12-16)20(21,22)23/h5-7,12,15,18,25H,2-4,8-11,13-14H2,1H3. The number of likely N-dealkylation sites (tertiary alicyclic amines) is 1. The number of benzene rings is 1. The van der Waals surface area contributed by atoms with Crippen molar-refractivity contribution < 1.29 is 18.3 Å². The molecular formula is C20H28F3NO. The first-order valence-corrected chi connectivity index (χ1v) is 9.40. The maximum absolute atomic E-state index is 13.2. The van der Waals surface area contributed by atoms with Crippen molar-refractivity contribution in [1.82, 2.24) is 4.90 Å². The fraction of sp³-hybridized carbons (Fsp3) is 0.700. The lowest BCUT2D eigenvalue weighted by Crippen LogP contribution is -2.44. The van der Waals surface area contributed by atoms with Gasteiger partial charge in [-0.1, -0.05) is 44.4 Å². The molecule has 2 aliphatic rings. The monoisotopic (exact) mass is 355 g/mol. The third-order valence-electron chi connectivity index (χ3n) is 5.93. The molecule has 2 nitrogen and oxygen atoms in total. The summed E-state index contributed by atoms with van der Waals surface area (Å²) in [7, 11) is 0. The Balaban J connectivity index is 1.90. The highest BCUT2D eigenvalue weighted by Crippen LogP contribution is 2.42. The minimum atomic E-state index is -4.35. The highest BCUT2D eigenvalue weighted by atomic mass is 19.4. The van der Waals surface area contributed by atoms with Crippen molar-refractivity contribution in [1.29, 1.82) is 0 Å². The van der Waals surface area contributed by atoms with Gasteiger partial charge in [-0.3, -0.25) is 0 Å². The van der Waals surface area contributed by atoms with Gasteiger partial charge in [0.1, 0.15) is 0 Å². The van der Waals surface area contributed by atoms with E-state index in [1.54, 1.807) is 6.07 Å². The van der Waals surface area contributed by atoms with Crippen molar-refractivity contribution in [3.05, 3.63) is 35.4 Å². The van der Waals surface area contributed by atoms with Gasteiger partial charge in [-0.2, -0.15) is 13.2 Å². The summed E-state index contributed by atoms with van der Waals surface area (Å²) in [5.41, 5.74) is -0.892. The van der Waals surface area contributed by atoms with E-state index in [2.05, 4.69) is 11.8 Å². The third kappa shape index (κ3) is 4.37. The third-order valence-corrected chi connectivity index (χ3v) is 5.93. The molecule has 25 heavy (non-hydrogen) atoms. The second kappa shape index (κ2) is 7.28. The van der Waals surface area contributed by atoms with Gasteiger partial charge in [0.25, 0.3) is 0 Å². The van der Waals surface area contributed by atoms with Crippen LogP contribution in [-0.4, -0.2) is 35.2 Å². The molecule has 2 fully saturated rings. The molecule has 2 unspecified atom stereocenters. The molecule has 0 aromatic heterocycles. The molecule has 1 aliphatic heterocycles. The summed E-state index contributed by atoms with van der Waals surface area (Å²) in [6, 6.07) is 5.59. The van der Waals surface area contributed by atoms with Crippen LogP contribution in [0.3, 0.4) is 0 Å². The van der Waals surface area contributed by atoms with Gasteiger partial charge in [-0.15, -0.1) is 0 Å². The zero-order valence-electron chi connectivity index (χ0n) is 14.9. The Bertz CT molecular complexity index is 581. The van der Waals surface area contributed by atoms with E-state index in [1.165, 1.54) is 12.1 Å². The Morgan fingerprint density at radius 2 is 1.96 bits per heavy atom. The number of rotatable bonds is 4. The molecule has 3 rings (SSSR count). The molecule has 0 radical (unpaired) electrons. The molecule has 1 aromatic carbocycles. The summed E-state index contributed by atoms with van der Waals surface area (Å²) in [6.07, 6.45) is 1.11. The lowest BCUT2D eigenvalue weighted by molar-refractivity contribution is -0.137. The molecule has 2 atom stereocenters. The van der Waals surface area contributed by atoms with E-state index in [1.807, 2.05) is 0 Å². The highest BCUT2D eigenvalue weighted by molar-refractivity contribution is 5.31. The molecule has 0 spiro atoms. The predicted molar refractivity (Wildman–Crippen MR) is 92.4 cm³/mol. The van der Waals surface area contributed by atoms with Gasteiger partial charge in [-0.05, 0) is 43.4 Å². The van der Waals surface area contributed by atoms with Gasteiger partial charge >= 0.3 is 6.18 Å². The maximum Gasteiger partial charge on any atom is 0.416 e. The first-order chi connectivity index (χ1) is 11.8. The minimum Gasteiger partial charge on any atom is -0.389 e. The Morgan fingerprint density at radius 1 is 1.24 bits per heavy atom. The number of alkyl halides is 3. The van der Waals surface area contributed by atoms with Crippen LogP contribution in [0.2, 0.25) is 0 Å². The fourth-order valence-corrected chi connectivity index (χ4v) is 4.48. The summed E-state index contributed by atoms with van der Waals surface area (Å²) in [6.45, 7) is 4.77. The van der Waals surface area contributed by atoms with E-state index in [-0.39, 0.29) is 5.92 Å². The van der Waals surface area contributed by atoms with Gasteiger partial charge in [0.05, 0.1) is 11.2 Å². The number of hydrogen-bond donors (Lipinski definition) is 1. The molecule has 1 aliphatic carbocycles. The van der Waals surface area contributed by atoms with Gasteiger partial charge in [0.15, 0.2) is 0 Å². The lowest BCUT2D eigenvalue weighted by Gasteiger charge is -2.41. The number of hydrogen-bond acceptors (Lipinski definition) is 2. The van der Waals surface area contributed by atoms with Gasteiger partial charge in [0, 0.05) is 19.0 Å². The summed E-state index contributed by atoms with van der Waals surface area (Å²) in [4.78, 5) is 2.31. The fourth-order valence-electron chi connectivity index (χ4n) is 4.48. The van der Waals surface area contributed by atoms with E-state index in [4.69, 9.17) is 0 Å². The topological polar surface area (TPSA) is 23.5 Å². The molecule has 1 aromatic rings. The normalized spacial score (nSPS) is 25.9. The predicted octanol–water partition coefficient (Wildman–Crippen LogP) is 4.83.